The van der Waals surface area contributed by atoms with Crippen LogP contribution in [-0.2, 0) is 24.3 Å². The molecule has 0 bridgehead atoms. The lowest BCUT2D eigenvalue weighted by atomic mass is 10.2. The van der Waals surface area contributed by atoms with Gasteiger partial charge < -0.3 is 4.74 Å². The lowest BCUT2D eigenvalue weighted by Gasteiger charge is -2.23. The Balaban J connectivity index is 2.16. The predicted molar refractivity (Wildman–Crippen MR) is 111 cm³/mol. The van der Waals surface area contributed by atoms with Crippen LogP contribution in [0.15, 0.2) is 22.5 Å². The number of amides is 1. The number of nitro groups is 1. The molecule has 30 heavy (non-hydrogen) atoms. The molecule has 0 saturated heterocycles. The lowest BCUT2D eigenvalue weighted by molar-refractivity contribution is -0.384. The van der Waals surface area contributed by atoms with E-state index in [1.807, 2.05) is 0 Å². The van der Waals surface area contributed by atoms with Crippen LogP contribution >= 0.6 is 23.1 Å². The minimum Gasteiger partial charge on any atom is -0.468 e. The van der Waals surface area contributed by atoms with Crippen molar-refractivity contribution in [1.82, 2.24) is 10.2 Å². The quantitative estimate of drug-likeness (QED) is 0.184. The van der Waals surface area contributed by atoms with E-state index in [1.165, 1.54) is 19.2 Å². The van der Waals surface area contributed by atoms with Crippen LogP contribution in [0.2, 0.25) is 0 Å². The van der Waals surface area contributed by atoms with Crippen molar-refractivity contribution in [3.8, 4) is 0 Å². The highest BCUT2D eigenvalue weighted by molar-refractivity contribution is 8.01. The molecule has 15 heteroatoms. The normalized spacial score (nSPS) is 11.0. The number of aryl methyl sites for hydroxylation is 1. The van der Waals surface area contributed by atoms with Crippen LogP contribution < -0.4 is 9.62 Å². The zero-order valence-corrected chi connectivity index (χ0v) is 18.5. The highest BCUT2D eigenvalue weighted by Gasteiger charge is 2.25. The predicted octanol–water partition coefficient (Wildman–Crippen LogP) is 1.42. The van der Waals surface area contributed by atoms with Gasteiger partial charge >= 0.3 is 5.97 Å². The van der Waals surface area contributed by atoms with E-state index >= 15 is 0 Å². The van der Waals surface area contributed by atoms with Gasteiger partial charge in [0.2, 0.25) is 21.1 Å². The molecule has 0 radical (unpaired) electrons. The second kappa shape index (κ2) is 9.82. The van der Waals surface area contributed by atoms with E-state index in [9.17, 15) is 28.1 Å². The maximum absolute atomic E-state index is 12.4. The molecule has 2 rings (SSSR count). The van der Waals surface area contributed by atoms with Gasteiger partial charge in [0.15, 0.2) is 4.34 Å². The van der Waals surface area contributed by atoms with Crippen molar-refractivity contribution in [2.24, 2.45) is 0 Å². The molecule has 12 nitrogen and oxygen atoms in total. The maximum atomic E-state index is 12.4. The molecule has 2 aromatic rings. The summed E-state index contributed by atoms with van der Waals surface area (Å²) in [6.07, 6.45) is 0.894. The average Bonchev–Trinajstić information content (AvgIpc) is 3.11. The van der Waals surface area contributed by atoms with E-state index in [0.29, 0.717) is 9.90 Å². The highest BCUT2D eigenvalue weighted by Crippen LogP contribution is 2.28. The number of anilines is 2. The molecule has 1 N–H and O–H groups in total. The maximum Gasteiger partial charge on any atom is 0.316 e. The van der Waals surface area contributed by atoms with Crippen molar-refractivity contribution in [3.05, 3.63) is 33.9 Å². The minimum atomic E-state index is -3.92. The second-order valence-electron chi connectivity index (χ2n) is 5.78. The van der Waals surface area contributed by atoms with Gasteiger partial charge in [0.1, 0.15) is 6.54 Å². The largest absolute Gasteiger partial charge is 0.468 e. The van der Waals surface area contributed by atoms with Gasteiger partial charge in [-0.25, -0.2) is 8.42 Å². The number of thioether (sulfide) groups is 1. The third kappa shape index (κ3) is 6.36. The van der Waals surface area contributed by atoms with Crippen LogP contribution in [-0.4, -0.2) is 61.1 Å². The van der Waals surface area contributed by atoms with Gasteiger partial charge in [-0.05, 0) is 12.5 Å². The van der Waals surface area contributed by atoms with E-state index < -0.39 is 33.4 Å². The van der Waals surface area contributed by atoms with Crippen LogP contribution in [0, 0.1) is 17.0 Å². The number of aromatic nitrogens is 2. The number of carbonyl (C=O) groups is 2. The summed E-state index contributed by atoms with van der Waals surface area (Å²) in [6, 6.07) is 3.74. The number of rotatable bonds is 9. The first-order valence-corrected chi connectivity index (χ1v) is 11.7. The number of non-ortho nitro benzene ring substituents is 1. The summed E-state index contributed by atoms with van der Waals surface area (Å²) in [5, 5.41) is 21.1. The van der Waals surface area contributed by atoms with Crippen LogP contribution in [0.5, 0.6) is 0 Å². The van der Waals surface area contributed by atoms with E-state index in [-0.39, 0.29) is 22.3 Å². The van der Waals surface area contributed by atoms with Crippen LogP contribution in [0.4, 0.5) is 16.5 Å². The molecule has 0 fully saturated rings. The number of nitrogens with one attached hydrogen (secondary N) is 1. The van der Waals surface area contributed by atoms with Gasteiger partial charge in [0, 0.05) is 12.1 Å². The fourth-order valence-electron chi connectivity index (χ4n) is 2.15. The molecule has 0 saturated carbocycles. The Bertz CT molecular complexity index is 1070. The topological polar surface area (TPSA) is 162 Å². The van der Waals surface area contributed by atoms with Crippen LogP contribution in [0.25, 0.3) is 0 Å². The number of sulfonamides is 1. The summed E-state index contributed by atoms with van der Waals surface area (Å²) in [5.41, 5.74) is 0.158. The van der Waals surface area contributed by atoms with Crippen molar-refractivity contribution < 1.29 is 27.7 Å². The zero-order valence-electron chi connectivity index (χ0n) is 16.0. The summed E-state index contributed by atoms with van der Waals surface area (Å²) in [7, 11) is -2.67. The smallest absolute Gasteiger partial charge is 0.316 e. The Morgan fingerprint density at radius 3 is 2.67 bits per heavy atom. The van der Waals surface area contributed by atoms with Gasteiger partial charge in [-0.1, -0.05) is 29.2 Å². The summed E-state index contributed by atoms with van der Waals surface area (Å²) >= 11 is 2.07. The number of nitrogens with zero attached hydrogens (tertiary/aromatic N) is 4. The fourth-order valence-corrected chi connectivity index (χ4v) is 4.65. The number of esters is 1. The minimum absolute atomic E-state index is 0.0208. The Morgan fingerprint density at radius 1 is 1.37 bits per heavy atom. The number of nitro benzene ring substituents is 1. The Labute approximate surface area is 179 Å². The molecule has 1 aromatic heterocycles. The van der Waals surface area contributed by atoms with E-state index in [2.05, 4.69) is 20.3 Å². The van der Waals surface area contributed by atoms with Gasteiger partial charge in [-0.15, -0.1) is 10.2 Å². The number of benzene rings is 1. The molecule has 1 amide bonds. The first kappa shape index (κ1) is 23.5. The third-order valence-corrected chi connectivity index (χ3v) is 6.63. The van der Waals surface area contributed by atoms with Crippen molar-refractivity contribution in [2.45, 2.75) is 11.3 Å². The molecule has 0 atom stereocenters. The number of hydrogen-bond donors (Lipinski definition) is 1. The average molecular weight is 476 g/mol. The molecule has 162 valence electrons. The third-order valence-electron chi connectivity index (χ3n) is 3.55. The summed E-state index contributed by atoms with van der Waals surface area (Å²) < 4.78 is 30.2. The lowest BCUT2D eigenvalue weighted by Crippen LogP contribution is -2.37. The summed E-state index contributed by atoms with van der Waals surface area (Å²) in [5.74, 6) is -1.14. The number of ether oxygens (including phenoxy) is 1. The number of hydrogen-bond acceptors (Lipinski definition) is 11. The fraction of sp³-hybridized carbons (Fsp3) is 0.333. The number of methoxy groups -OCH3 is 1. The molecule has 0 aliphatic heterocycles. The number of carbonyl (C=O) groups excluding carboxylic acids is 2. The molecule has 1 aromatic carbocycles. The molecular weight excluding hydrogens is 458 g/mol. The Kier molecular flexibility index (Phi) is 7.69. The second-order valence-corrected chi connectivity index (χ2v) is 9.89. The highest BCUT2D eigenvalue weighted by atomic mass is 32.2. The molecule has 0 aliphatic rings. The van der Waals surface area contributed by atoms with Gasteiger partial charge in [-0.2, -0.15) is 0 Å². The van der Waals surface area contributed by atoms with Crippen molar-refractivity contribution in [3.63, 3.8) is 0 Å². The monoisotopic (exact) mass is 475 g/mol. The van der Waals surface area contributed by atoms with Gasteiger partial charge in [0.25, 0.3) is 5.69 Å². The van der Waals surface area contributed by atoms with Crippen LogP contribution in [0.1, 0.15) is 5.56 Å². The summed E-state index contributed by atoms with van der Waals surface area (Å²) in [6.45, 7) is 0.954. The van der Waals surface area contributed by atoms with Crippen molar-refractivity contribution in [2.75, 3.05) is 35.3 Å². The van der Waals surface area contributed by atoms with E-state index in [0.717, 1.165) is 39.7 Å². The van der Waals surface area contributed by atoms with Gasteiger partial charge in [0.05, 0.1) is 29.7 Å². The van der Waals surface area contributed by atoms with E-state index in [1.54, 1.807) is 6.92 Å². The van der Waals surface area contributed by atoms with E-state index in [4.69, 9.17) is 0 Å². The van der Waals surface area contributed by atoms with Crippen molar-refractivity contribution >= 4 is 61.5 Å². The Morgan fingerprint density at radius 2 is 2.07 bits per heavy atom. The molecule has 0 aliphatic carbocycles. The summed E-state index contributed by atoms with van der Waals surface area (Å²) in [4.78, 5) is 33.9. The van der Waals surface area contributed by atoms with Crippen molar-refractivity contribution in [1.29, 1.82) is 0 Å². The molecule has 0 unspecified atom stereocenters. The molecule has 1 heterocycles. The first-order chi connectivity index (χ1) is 14.0. The first-order valence-electron chi connectivity index (χ1n) is 8.07. The molecule has 0 spiro atoms. The molecular formula is C15H17N5O7S3. The Hall–Kier alpha value is -2.78. The van der Waals surface area contributed by atoms with Gasteiger partial charge in [-0.3, -0.25) is 29.3 Å². The zero-order chi connectivity index (χ0) is 22.5. The SMILES string of the molecule is COC(=O)CSc1nnc(NC(=O)CN(c2cc([N+](=O)[O-])ccc2C)S(C)(=O)=O)s1. The standard InChI is InChI=1S/C15H17N5O7S3/c1-9-4-5-10(20(23)24)6-11(9)19(30(3,25)26)7-12(21)16-14-17-18-15(29-14)28-8-13(22)27-2/h4-6H,7-8H2,1-3H3,(H,16,17,21). The van der Waals surface area contributed by atoms with Crippen LogP contribution in [0.3, 0.4) is 0 Å².